The van der Waals surface area contributed by atoms with Crippen LogP contribution in [0.3, 0.4) is 0 Å². The van der Waals surface area contributed by atoms with Crippen LogP contribution in [0.4, 0.5) is 5.69 Å². The second-order valence-corrected chi connectivity index (χ2v) is 7.42. The Morgan fingerprint density at radius 3 is 2.58 bits per heavy atom. The van der Waals surface area contributed by atoms with Crippen LogP contribution in [0.25, 0.3) is 0 Å². The molecule has 0 saturated heterocycles. The molecule has 1 heterocycles. The number of benzene rings is 2. The summed E-state index contributed by atoms with van der Waals surface area (Å²) >= 11 is 1.73. The first-order chi connectivity index (χ1) is 12.7. The van der Waals surface area contributed by atoms with Crippen LogP contribution in [0.5, 0.6) is 0 Å². The number of nitrogens with two attached hydrogens (primary N) is 1. The van der Waals surface area contributed by atoms with Gasteiger partial charge in [0.2, 0.25) is 0 Å². The minimum Gasteiger partial charge on any atom is -0.328 e. The van der Waals surface area contributed by atoms with Crippen molar-refractivity contribution in [3.63, 3.8) is 0 Å². The first-order valence-electron chi connectivity index (χ1n) is 8.98. The second kappa shape index (κ2) is 8.79. The number of carbonyl (C=O) groups excluding carboxylic acids is 1. The molecule has 0 unspecified atom stereocenters. The quantitative estimate of drug-likeness (QED) is 0.655. The van der Waals surface area contributed by atoms with Crippen LogP contribution in [0.2, 0.25) is 0 Å². The predicted octanol–water partition coefficient (Wildman–Crippen LogP) is 3.91. The number of nitrogens with one attached hydrogen (secondary N) is 1. The summed E-state index contributed by atoms with van der Waals surface area (Å²) in [5.41, 5.74) is 4.55. The van der Waals surface area contributed by atoms with Gasteiger partial charge in [0, 0.05) is 11.3 Å². The Labute approximate surface area is 159 Å². The molecule has 4 heteroatoms. The summed E-state index contributed by atoms with van der Waals surface area (Å²) in [5, 5.41) is 7.18. The Kier molecular flexibility index (Phi) is 6.21. The molecule has 134 valence electrons. The SMILES string of the molecule is CCc1ccc([C@H]([NH2+]CC(=O)Nc2cccc(C)c2)c2cccs2)cc1. The number of hydrogen-bond donors (Lipinski definition) is 2. The Balaban J connectivity index is 1.69. The fourth-order valence-corrected chi connectivity index (χ4v) is 3.86. The summed E-state index contributed by atoms with van der Waals surface area (Å²) in [5.74, 6) is 0.0161. The Hall–Kier alpha value is -2.43. The van der Waals surface area contributed by atoms with Crippen LogP contribution in [-0.4, -0.2) is 12.5 Å². The topological polar surface area (TPSA) is 45.7 Å². The van der Waals surface area contributed by atoms with E-state index in [2.05, 4.69) is 59.3 Å². The van der Waals surface area contributed by atoms with E-state index in [1.54, 1.807) is 11.3 Å². The van der Waals surface area contributed by atoms with Crippen molar-refractivity contribution in [3.05, 3.63) is 87.6 Å². The average molecular weight is 366 g/mol. The number of rotatable bonds is 7. The third-order valence-electron chi connectivity index (χ3n) is 4.44. The van der Waals surface area contributed by atoms with Crippen molar-refractivity contribution in [2.45, 2.75) is 26.3 Å². The van der Waals surface area contributed by atoms with Crippen molar-refractivity contribution in [1.82, 2.24) is 0 Å². The van der Waals surface area contributed by atoms with Crippen molar-refractivity contribution in [1.29, 1.82) is 0 Å². The van der Waals surface area contributed by atoms with Crippen molar-refractivity contribution in [2.75, 3.05) is 11.9 Å². The highest BCUT2D eigenvalue weighted by molar-refractivity contribution is 7.10. The zero-order valence-corrected chi connectivity index (χ0v) is 16.1. The molecule has 0 spiro atoms. The van der Waals surface area contributed by atoms with Crippen molar-refractivity contribution < 1.29 is 10.1 Å². The van der Waals surface area contributed by atoms with Gasteiger partial charge in [0.1, 0.15) is 6.04 Å². The fraction of sp³-hybridized carbons (Fsp3) is 0.227. The van der Waals surface area contributed by atoms with E-state index in [9.17, 15) is 4.79 Å². The Bertz CT molecular complexity index is 841. The van der Waals surface area contributed by atoms with Gasteiger partial charge < -0.3 is 10.6 Å². The van der Waals surface area contributed by atoms with Gasteiger partial charge in [0.15, 0.2) is 6.54 Å². The highest BCUT2D eigenvalue weighted by Crippen LogP contribution is 2.23. The first kappa shape index (κ1) is 18.4. The Morgan fingerprint density at radius 2 is 1.92 bits per heavy atom. The predicted molar refractivity (Wildman–Crippen MR) is 109 cm³/mol. The van der Waals surface area contributed by atoms with Gasteiger partial charge in [-0.15, -0.1) is 11.3 Å². The second-order valence-electron chi connectivity index (χ2n) is 6.45. The zero-order chi connectivity index (χ0) is 18.4. The summed E-state index contributed by atoms with van der Waals surface area (Å²) in [6.07, 6.45) is 1.03. The van der Waals surface area contributed by atoms with Crippen LogP contribution in [0, 0.1) is 6.92 Å². The summed E-state index contributed by atoms with van der Waals surface area (Å²) < 4.78 is 0. The van der Waals surface area contributed by atoms with E-state index in [4.69, 9.17) is 0 Å². The molecule has 3 aromatic rings. The number of thiophene rings is 1. The average Bonchev–Trinajstić information content (AvgIpc) is 3.17. The van der Waals surface area contributed by atoms with E-state index in [1.165, 1.54) is 16.0 Å². The molecule has 0 radical (unpaired) electrons. The van der Waals surface area contributed by atoms with E-state index in [1.807, 2.05) is 31.2 Å². The van der Waals surface area contributed by atoms with Crippen LogP contribution in [0.1, 0.15) is 34.5 Å². The molecule has 3 N–H and O–H groups in total. The minimum atomic E-state index is 0.0161. The van der Waals surface area contributed by atoms with Crippen LogP contribution < -0.4 is 10.6 Å². The number of amides is 1. The molecule has 1 amide bonds. The van der Waals surface area contributed by atoms with Crippen LogP contribution in [-0.2, 0) is 11.2 Å². The third kappa shape index (κ3) is 4.81. The molecular formula is C22H25N2OS+. The largest absolute Gasteiger partial charge is 0.328 e. The summed E-state index contributed by atoms with van der Waals surface area (Å²) in [7, 11) is 0. The normalized spacial score (nSPS) is 11.9. The van der Waals surface area contributed by atoms with Crippen LogP contribution in [0.15, 0.2) is 66.0 Å². The molecule has 3 nitrogen and oxygen atoms in total. The summed E-state index contributed by atoms with van der Waals surface area (Å²) in [4.78, 5) is 13.7. The third-order valence-corrected chi connectivity index (χ3v) is 5.39. The van der Waals surface area contributed by atoms with Crippen molar-refractivity contribution >= 4 is 22.9 Å². The van der Waals surface area contributed by atoms with E-state index < -0.39 is 0 Å². The Morgan fingerprint density at radius 1 is 1.12 bits per heavy atom. The molecule has 0 saturated carbocycles. The van der Waals surface area contributed by atoms with E-state index in [0.717, 1.165) is 17.7 Å². The van der Waals surface area contributed by atoms with Gasteiger partial charge >= 0.3 is 0 Å². The van der Waals surface area contributed by atoms with E-state index >= 15 is 0 Å². The molecule has 3 rings (SSSR count). The number of quaternary nitrogens is 1. The molecule has 2 aromatic carbocycles. The maximum atomic E-state index is 12.4. The lowest BCUT2D eigenvalue weighted by atomic mass is 10.0. The molecule has 1 aromatic heterocycles. The maximum Gasteiger partial charge on any atom is 0.279 e. The van der Waals surface area contributed by atoms with Gasteiger partial charge in [-0.1, -0.05) is 49.4 Å². The summed E-state index contributed by atoms with van der Waals surface area (Å²) in [6.45, 7) is 4.56. The molecule has 0 aliphatic rings. The molecule has 0 fully saturated rings. The lowest BCUT2D eigenvalue weighted by molar-refractivity contribution is -0.675. The maximum absolute atomic E-state index is 12.4. The minimum absolute atomic E-state index is 0.0161. The van der Waals surface area contributed by atoms with Gasteiger partial charge in [0.25, 0.3) is 5.91 Å². The smallest absolute Gasteiger partial charge is 0.279 e. The number of carbonyl (C=O) groups is 1. The van der Waals surface area contributed by atoms with Crippen molar-refractivity contribution in [3.8, 4) is 0 Å². The van der Waals surface area contributed by atoms with Gasteiger partial charge in [-0.3, -0.25) is 4.79 Å². The zero-order valence-electron chi connectivity index (χ0n) is 15.2. The molecule has 0 aliphatic heterocycles. The monoisotopic (exact) mass is 365 g/mol. The van der Waals surface area contributed by atoms with Gasteiger partial charge in [-0.05, 0) is 48.1 Å². The molecule has 1 atom stereocenters. The fourth-order valence-electron chi connectivity index (χ4n) is 3.01. The molecule has 0 bridgehead atoms. The number of anilines is 1. The molecule has 0 aliphatic carbocycles. The van der Waals surface area contributed by atoms with Crippen molar-refractivity contribution in [2.24, 2.45) is 0 Å². The lowest BCUT2D eigenvalue weighted by Crippen LogP contribution is -2.87. The van der Waals surface area contributed by atoms with Crippen LogP contribution >= 0.6 is 11.3 Å². The highest BCUT2D eigenvalue weighted by Gasteiger charge is 2.20. The standard InChI is InChI=1S/C22H24N2OS/c1-3-17-9-11-18(12-10-17)22(20-8-5-13-26-20)23-15-21(25)24-19-7-4-6-16(2)14-19/h4-14,22-23H,3,15H2,1-2H3,(H,24,25)/p+1/t22-/m0/s1. The van der Waals surface area contributed by atoms with Gasteiger partial charge in [-0.2, -0.15) is 0 Å². The first-order valence-corrected chi connectivity index (χ1v) is 9.85. The summed E-state index contributed by atoms with van der Waals surface area (Å²) in [6, 6.07) is 20.9. The number of aryl methyl sites for hydroxylation is 2. The van der Waals surface area contributed by atoms with E-state index in [0.29, 0.717) is 6.54 Å². The molecular weight excluding hydrogens is 340 g/mol. The lowest BCUT2D eigenvalue weighted by Gasteiger charge is -2.15. The van der Waals surface area contributed by atoms with E-state index in [-0.39, 0.29) is 11.9 Å². The highest BCUT2D eigenvalue weighted by atomic mass is 32.1. The number of hydrogen-bond acceptors (Lipinski definition) is 2. The van der Waals surface area contributed by atoms with Gasteiger partial charge in [-0.25, -0.2) is 0 Å². The molecule has 26 heavy (non-hydrogen) atoms. The van der Waals surface area contributed by atoms with Gasteiger partial charge in [0.05, 0.1) is 4.88 Å².